The summed E-state index contributed by atoms with van der Waals surface area (Å²) in [5, 5.41) is 2.33. The molecule has 0 unspecified atom stereocenters. The molecular weight excluding hydrogens is 656 g/mol. The van der Waals surface area contributed by atoms with Crippen LogP contribution in [-0.2, 0) is 60.5 Å². The molecule has 0 amide bonds. The van der Waals surface area contributed by atoms with E-state index in [1.165, 1.54) is 37.1 Å². The molecule has 0 saturated heterocycles. The number of carbonyl (C=O) groups excluding carboxylic acids is 5. The van der Waals surface area contributed by atoms with E-state index in [9.17, 15) is 24.0 Å². The van der Waals surface area contributed by atoms with Crippen molar-refractivity contribution in [2.75, 3.05) is 40.6 Å². The lowest BCUT2D eigenvalue weighted by Crippen LogP contribution is -2.44. The van der Waals surface area contributed by atoms with Crippen molar-refractivity contribution in [3.63, 3.8) is 0 Å². The normalized spacial score (nSPS) is 11.0. The van der Waals surface area contributed by atoms with E-state index in [-0.39, 0.29) is 12.2 Å². The van der Waals surface area contributed by atoms with Crippen molar-refractivity contribution in [3.05, 3.63) is 77.9 Å². The van der Waals surface area contributed by atoms with Crippen LogP contribution in [-0.4, -0.2) is 70.5 Å². The molecule has 0 spiro atoms. The third-order valence-corrected chi connectivity index (χ3v) is 8.25. The number of hydrogen-bond donors (Lipinski definition) is 0. The fourth-order valence-corrected chi connectivity index (χ4v) is 5.16. The molecule has 3 aromatic rings. The van der Waals surface area contributed by atoms with Crippen LogP contribution in [0.5, 0.6) is 5.75 Å². The van der Waals surface area contributed by atoms with E-state index in [1.807, 2.05) is 25.1 Å². The smallest absolute Gasteiger partial charge is 0.333 e. The molecule has 0 heterocycles. The van der Waals surface area contributed by atoms with E-state index in [2.05, 4.69) is 59.4 Å². The molecule has 0 fully saturated rings. The van der Waals surface area contributed by atoms with Crippen molar-refractivity contribution >= 4 is 40.6 Å². The van der Waals surface area contributed by atoms with Crippen molar-refractivity contribution in [2.45, 2.75) is 65.7 Å². The SMILES string of the molecule is C=C(C)C(=O)OCC(COC(=O)CC(=O)OC)(COC(=O)CC(=O)OC)COc1ccc(-c2ccc3cc(CCCCC)ccc3c2)cc1CC. The van der Waals surface area contributed by atoms with Crippen LogP contribution >= 0.6 is 0 Å². The van der Waals surface area contributed by atoms with Gasteiger partial charge in [0.2, 0.25) is 0 Å². The van der Waals surface area contributed by atoms with Crippen molar-refractivity contribution in [2.24, 2.45) is 5.41 Å². The monoisotopic (exact) mass is 704 g/mol. The second-order valence-electron chi connectivity index (χ2n) is 12.5. The van der Waals surface area contributed by atoms with E-state index in [1.54, 1.807) is 0 Å². The van der Waals surface area contributed by atoms with Gasteiger partial charge in [0.1, 0.15) is 50.4 Å². The molecule has 51 heavy (non-hydrogen) atoms. The van der Waals surface area contributed by atoms with Crippen LogP contribution < -0.4 is 4.74 Å². The number of unbranched alkanes of at least 4 members (excludes halogenated alkanes) is 2. The van der Waals surface area contributed by atoms with Gasteiger partial charge in [-0.1, -0.05) is 69.7 Å². The van der Waals surface area contributed by atoms with Crippen molar-refractivity contribution in [1.29, 1.82) is 0 Å². The number of ether oxygens (including phenoxy) is 6. The van der Waals surface area contributed by atoms with E-state index in [4.69, 9.17) is 18.9 Å². The highest BCUT2D eigenvalue weighted by molar-refractivity contribution is 5.92. The predicted octanol–water partition coefficient (Wildman–Crippen LogP) is 6.50. The summed E-state index contributed by atoms with van der Waals surface area (Å²) in [6, 6.07) is 18.8. The van der Waals surface area contributed by atoms with Gasteiger partial charge in [-0.25, -0.2) is 4.79 Å². The molecule has 0 radical (unpaired) electrons. The summed E-state index contributed by atoms with van der Waals surface area (Å²) in [5.41, 5.74) is 2.89. The predicted molar refractivity (Wildman–Crippen MR) is 191 cm³/mol. The minimum absolute atomic E-state index is 0.111. The van der Waals surface area contributed by atoms with Gasteiger partial charge < -0.3 is 28.4 Å². The van der Waals surface area contributed by atoms with E-state index in [0.717, 1.165) is 42.7 Å². The molecule has 0 aliphatic heterocycles. The van der Waals surface area contributed by atoms with Crippen LogP contribution in [0.1, 0.15) is 64.0 Å². The van der Waals surface area contributed by atoms with Crippen LogP contribution in [0, 0.1) is 5.41 Å². The van der Waals surface area contributed by atoms with E-state index >= 15 is 0 Å². The van der Waals surface area contributed by atoms with E-state index < -0.39 is 67.9 Å². The maximum Gasteiger partial charge on any atom is 0.333 e. The number of methoxy groups -OCH3 is 2. The van der Waals surface area contributed by atoms with Crippen LogP contribution in [0.25, 0.3) is 21.9 Å². The highest BCUT2D eigenvalue weighted by Gasteiger charge is 2.38. The first-order valence-corrected chi connectivity index (χ1v) is 17.0. The van der Waals surface area contributed by atoms with Gasteiger partial charge in [0, 0.05) is 5.57 Å². The second kappa shape index (κ2) is 19.9. The Morgan fingerprint density at radius 2 is 1.24 bits per heavy atom. The number of fused-ring (bicyclic) bond motifs is 1. The lowest BCUT2D eigenvalue weighted by Gasteiger charge is -2.32. The van der Waals surface area contributed by atoms with Crippen LogP contribution in [0.2, 0.25) is 0 Å². The molecule has 0 atom stereocenters. The molecule has 3 aromatic carbocycles. The molecule has 0 saturated carbocycles. The Balaban J connectivity index is 1.89. The summed E-state index contributed by atoms with van der Waals surface area (Å²) in [5.74, 6) is -3.68. The minimum Gasteiger partial charge on any atom is -0.492 e. The molecule has 3 rings (SSSR count). The van der Waals surface area contributed by atoms with Crippen LogP contribution in [0.3, 0.4) is 0 Å². The zero-order valence-corrected chi connectivity index (χ0v) is 30.2. The maximum absolute atomic E-state index is 12.5. The Labute approximate surface area is 299 Å². The molecule has 0 bridgehead atoms. The molecule has 0 aliphatic carbocycles. The number of esters is 5. The van der Waals surface area contributed by atoms with Gasteiger partial charge in [-0.05, 0) is 77.4 Å². The third-order valence-electron chi connectivity index (χ3n) is 8.25. The maximum atomic E-state index is 12.5. The summed E-state index contributed by atoms with van der Waals surface area (Å²) in [6.45, 7) is 7.61. The average Bonchev–Trinajstić information content (AvgIpc) is 3.13. The third kappa shape index (κ3) is 12.6. The highest BCUT2D eigenvalue weighted by atomic mass is 16.6. The largest absolute Gasteiger partial charge is 0.492 e. The molecule has 11 heteroatoms. The number of rotatable bonds is 20. The van der Waals surface area contributed by atoms with Crippen molar-refractivity contribution < 1.29 is 52.4 Å². The first kappa shape index (κ1) is 40.2. The Bertz CT molecular complexity index is 1670. The number of aryl methyl sites for hydroxylation is 2. The molecular formula is C40H48O11. The molecule has 0 aliphatic rings. The fourth-order valence-electron chi connectivity index (χ4n) is 5.16. The lowest BCUT2D eigenvalue weighted by molar-refractivity contribution is -0.165. The second-order valence-corrected chi connectivity index (χ2v) is 12.5. The summed E-state index contributed by atoms with van der Waals surface area (Å²) in [7, 11) is 2.26. The minimum atomic E-state index is -1.46. The molecule has 0 N–H and O–H groups in total. The quantitative estimate of drug-likeness (QED) is 0.0419. The number of benzene rings is 3. The Kier molecular flexibility index (Phi) is 15.7. The standard InChI is InChI=1S/C40H48O11/c1-7-9-10-11-28-12-13-31-20-32(15-14-30(31)18-28)33-16-17-34(29(8-2)19-33)48-23-40(26-51-39(45)27(3)4,24-49-37(43)21-35(41)46-5)25-50-38(44)22-36(42)47-6/h12-20H,3,7-11,21-26H2,1-2,4-6H3. The first-order valence-electron chi connectivity index (χ1n) is 17.0. The Morgan fingerprint density at radius 1 is 0.667 bits per heavy atom. The van der Waals surface area contributed by atoms with Gasteiger partial charge in [-0.3, -0.25) is 19.2 Å². The Morgan fingerprint density at radius 3 is 1.82 bits per heavy atom. The van der Waals surface area contributed by atoms with Gasteiger partial charge in [0.05, 0.1) is 14.2 Å². The van der Waals surface area contributed by atoms with Gasteiger partial charge in [0.25, 0.3) is 0 Å². The Hall–Kier alpha value is -5.19. The highest BCUT2D eigenvalue weighted by Crippen LogP contribution is 2.32. The van der Waals surface area contributed by atoms with Gasteiger partial charge >= 0.3 is 29.8 Å². The zero-order chi connectivity index (χ0) is 37.4. The van der Waals surface area contributed by atoms with E-state index in [0.29, 0.717) is 12.2 Å². The summed E-state index contributed by atoms with van der Waals surface area (Å²) in [4.78, 5) is 60.7. The van der Waals surface area contributed by atoms with Crippen molar-refractivity contribution in [1.82, 2.24) is 0 Å². The zero-order valence-electron chi connectivity index (χ0n) is 30.2. The van der Waals surface area contributed by atoms with Gasteiger partial charge in [-0.15, -0.1) is 0 Å². The molecule has 274 valence electrons. The fraction of sp³-hybridized carbons (Fsp3) is 0.425. The summed E-state index contributed by atoms with van der Waals surface area (Å²) < 4.78 is 31.6. The molecule has 0 aromatic heterocycles. The van der Waals surface area contributed by atoms with Crippen molar-refractivity contribution in [3.8, 4) is 16.9 Å². The summed E-state index contributed by atoms with van der Waals surface area (Å²) in [6.07, 6.45) is 3.92. The average molecular weight is 705 g/mol. The summed E-state index contributed by atoms with van der Waals surface area (Å²) >= 11 is 0. The first-order chi connectivity index (χ1) is 24.4. The van der Waals surface area contributed by atoms with Gasteiger partial charge in [0.15, 0.2) is 0 Å². The molecule has 11 nitrogen and oxygen atoms in total. The lowest BCUT2D eigenvalue weighted by atomic mass is 9.91. The number of carbonyl (C=O) groups is 5. The topological polar surface area (TPSA) is 141 Å². The van der Waals surface area contributed by atoms with Gasteiger partial charge in [-0.2, -0.15) is 0 Å². The van der Waals surface area contributed by atoms with Crippen LogP contribution in [0.4, 0.5) is 0 Å². The number of hydrogen-bond acceptors (Lipinski definition) is 11. The van der Waals surface area contributed by atoms with Crippen LogP contribution in [0.15, 0.2) is 66.7 Å².